The predicted octanol–water partition coefficient (Wildman–Crippen LogP) is 1.71. The van der Waals surface area contributed by atoms with Crippen LogP contribution < -0.4 is 5.73 Å². The average Bonchev–Trinajstić information content (AvgIpc) is 2.52. The molecule has 0 saturated carbocycles. The van der Waals surface area contributed by atoms with Crippen molar-refractivity contribution in [1.29, 1.82) is 0 Å². The minimum absolute atomic E-state index is 0.0868. The second kappa shape index (κ2) is 8.00. The lowest BCUT2D eigenvalue weighted by molar-refractivity contribution is -0.133. The molecule has 0 aliphatic heterocycles. The van der Waals surface area contributed by atoms with Crippen LogP contribution in [0.4, 0.5) is 5.82 Å². The van der Waals surface area contributed by atoms with Crippen LogP contribution in [0, 0.1) is 0 Å². The van der Waals surface area contributed by atoms with Crippen LogP contribution in [0.3, 0.4) is 0 Å². The quantitative estimate of drug-likeness (QED) is 0.529. The lowest BCUT2D eigenvalue weighted by Crippen LogP contribution is -2.27. The number of anilines is 1. The van der Waals surface area contributed by atoms with Crippen LogP contribution in [-0.2, 0) is 21.4 Å². The summed E-state index contributed by atoms with van der Waals surface area (Å²) in [5, 5.41) is 9.51. The number of carboxylic acid groups (broad SMARTS) is 1. The second-order valence-corrected chi connectivity index (χ2v) is 8.42. The number of halogens is 1. The zero-order valence-electron chi connectivity index (χ0n) is 13.1. The van der Waals surface area contributed by atoms with Crippen molar-refractivity contribution in [2.75, 3.05) is 18.5 Å². The van der Waals surface area contributed by atoms with Crippen molar-refractivity contribution in [1.82, 2.24) is 14.3 Å². The van der Waals surface area contributed by atoms with Gasteiger partial charge in [-0.15, -0.1) is 0 Å². The number of hydrogen-bond acceptors (Lipinski definition) is 7. The number of nitrogens with zero attached hydrogens (tertiary/aromatic N) is 3. The number of carboxylic acids is 1. The second-order valence-electron chi connectivity index (χ2n) is 4.94. The van der Waals surface area contributed by atoms with Crippen LogP contribution in [-0.4, -0.2) is 46.6 Å². The normalized spacial score (nSPS) is 11.6. The number of aromatic nitrogens is 2. The van der Waals surface area contributed by atoms with Crippen molar-refractivity contribution in [3.8, 4) is 0 Å². The summed E-state index contributed by atoms with van der Waals surface area (Å²) >= 11 is 6.75. The van der Waals surface area contributed by atoms with E-state index < -0.39 is 16.0 Å². The van der Waals surface area contributed by atoms with Gasteiger partial charge in [-0.1, -0.05) is 23.4 Å². The standard InChI is InChI=1S/C14H15ClN4O4S2/c1-19(25(22,23)10-4-2-9(15)3-5-10)7-12-17-11(16)6-13(18-12)24-8-14(20)21/h2-6H,7-8H2,1H3,(H,20,21)(H2,16,17,18). The monoisotopic (exact) mass is 402 g/mol. The number of aliphatic carboxylic acids is 1. The Morgan fingerprint density at radius 1 is 1.32 bits per heavy atom. The highest BCUT2D eigenvalue weighted by atomic mass is 35.5. The van der Waals surface area contributed by atoms with Crippen LogP contribution in [0.1, 0.15) is 5.82 Å². The largest absolute Gasteiger partial charge is 0.481 e. The van der Waals surface area contributed by atoms with Crippen LogP contribution >= 0.6 is 23.4 Å². The maximum atomic E-state index is 12.5. The Morgan fingerprint density at radius 2 is 1.96 bits per heavy atom. The molecule has 0 unspecified atom stereocenters. The highest BCUT2D eigenvalue weighted by Crippen LogP contribution is 2.21. The molecule has 8 nitrogen and oxygen atoms in total. The molecule has 11 heteroatoms. The maximum Gasteiger partial charge on any atom is 0.313 e. The van der Waals surface area contributed by atoms with Gasteiger partial charge >= 0.3 is 5.97 Å². The topological polar surface area (TPSA) is 126 Å². The van der Waals surface area contributed by atoms with Gasteiger partial charge in [0.2, 0.25) is 10.0 Å². The molecule has 1 aromatic heterocycles. The van der Waals surface area contributed by atoms with Gasteiger partial charge < -0.3 is 10.8 Å². The van der Waals surface area contributed by atoms with E-state index in [1.54, 1.807) is 0 Å². The molecule has 0 aliphatic rings. The van der Waals surface area contributed by atoms with E-state index in [1.165, 1.54) is 37.4 Å². The lowest BCUT2D eigenvalue weighted by atomic mass is 10.4. The molecular weight excluding hydrogens is 388 g/mol. The smallest absolute Gasteiger partial charge is 0.313 e. The maximum absolute atomic E-state index is 12.5. The van der Waals surface area contributed by atoms with E-state index in [-0.39, 0.29) is 28.8 Å². The van der Waals surface area contributed by atoms with Gasteiger partial charge in [-0.2, -0.15) is 4.31 Å². The van der Waals surface area contributed by atoms with Crippen molar-refractivity contribution in [3.05, 3.63) is 41.2 Å². The number of thioether (sulfide) groups is 1. The molecule has 2 aromatic rings. The van der Waals surface area contributed by atoms with E-state index in [0.717, 1.165) is 16.1 Å². The molecule has 0 amide bonds. The van der Waals surface area contributed by atoms with E-state index in [9.17, 15) is 13.2 Å². The van der Waals surface area contributed by atoms with Crippen LogP contribution in [0.25, 0.3) is 0 Å². The predicted molar refractivity (Wildman–Crippen MR) is 94.9 cm³/mol. The molecule has 0 aliphatic carbocycles. The van der Waals surface area contributed by atoms with Gasteiger partial charge in [0.15, 0.2) is 0 Å². The summed E-state index contributed by atoms with van der Waals surface area (Å²) in [5.74, 6) is -0.872. The highest BCUT2D eigenvalue weighted by Gasteiger charge is 2.22. The number of nitrogen functional groups attached to an aromatic ring is 1. The fourth-order valence-electron chi connectivity index (χ4n) is 1.84. The van der Waals surface area contributed by atoms with Gasteiger partial charge in [-0.3, -0.25) is 4.79 Å². The Hall–Kier alpha value is -1.88. The molecular formula is C14H15ClN4O4S2. The van der Waals surface area contributed by atoms with Crippen LogP contribution in [0.2, 0.25) is 5.02 Å². The summed E-state index contributed by atoms with van der Waals surface area (Å²) in [4.78, 5) is 18.9. The van der Waals surface area contributed by atoms with Crippen molar-refractivity contribution in [2.24, 2.45) is 0 Å². The third-order valence-corrected chi connectivity index (χ3v) is 5.96. The zero-order chi connectivity index (χ0) is 18.6. The number of benzene rings is 1. The first-order chi connectivity index (χ1) is 11.7. The number of carbonyl (C=O) groups is 1. The van der Waals surface area contributed by atoms with E-state index >= 15 is 0 Å². The van der Waals surface area contributed by atoms with Gasteiger partial charge in [0, 0.05) is 18.1 Å². The van der Waals surface area contributed by atoms with Crippen molar-refractivity contribution < 1.29 is 18.3 Å². The third-order valence-electron chi connectivity index (χ3n) is 3.00. The van der Waals surface area contributed by atoms with Gasteiger partial charge in [0.1, 0.15) is 16.7 Å². The number of sulfonamides is 1. The SMILES string of the molecule is CN(Cc1nc(N)cc(SCC(=O)O)n1)S(=O)(=O)c1ccc(Cl)cc1. The Balaban J connectivity index is 2.20. The molecule has 2 rings (SSSR count). The van der Waals surface area contributed by atoms with Gasteiger partial charge in [0.25, 0.3) is 0 Å². The first-order valence-corrected chi connectivity index (χ1v) is 9.69. The lowest BCUT2D eigenvalue weighted by Gasteiger charge is -2.17. The third kappa shape index (κ3) is 5.30. The minimum atomic E-state index is -3.75. The first kappa shape index (κ1) is 19.4. The summed E-state index contributed by atoms with van der Waals surface area (Å²) in [5.41, 5.74) is 5.68. The first-order valence-electron chi connectivity index (χ1n) is 6.88. The summed E-state index contributed by atoms with van der Waals surface area (Å²) in [6.07, 6.45) is 0. The summed E-state index contributed by atoms with van der Waals surface area (Å²) < 4.78 is 26.2. The molecule has 0 fully saturated rings. The molecule has 0 atom stereocenters. The van der Waals surface area contributed by atoms with E-state index in [1.807, 2.05) is 0 Å². The molecule has 25 heavy (non-hydrogen) atoms. The number of rotatable bonds is 7. The van der Waals surface area contributed by atoms with Crippen molar-refractivity contribution in [2.45, 2.75) is 16.5 Å². The van der Waals surface area contributed by atoms with Gasteiger partial charge in [0.05, 0.1) is 17.2 Å². The molecule has 134 valence electrons. The molecule has 0 radical (unpaired) electrons. The minimum Gasteiger partial charge on any atom is -0.481 e. The highest BCUT2D eigenvalue weighted by molar-refractivity contribution is 7.99. The fourth-order valence-corrected chi connectivity index (χ4v) is 3.74. The summed E-state index contributed by atoms with van der Waals surface area (Å²) in [6.45, 7) is -0.114. The van der Waals surface area contributed by atoms with Crippen molar-refractivity contribution in [3.63, 3.8) is 0 Å². The Kier molecular flexibility index (Phi) is 6.22. The molecule has 1 aromatic carbocycles. The van der Waals surface area contributed by atoms with E-state index in [0.29, 0.717) is 10.0 Å². The fraction of sp³-hybridized carbons (Fsp3) is 0.214. The van der Waals surface area contributed by atoms with Crippen LogP contribution in [0.5, 0.6) is 0 Å². The average molecular weight is 403 g/mol. The van der Waals surface area contributed by atoms with Crippen LogP contribution in [0.15, 0.2) is 40.3 Å². The number of nitrogens with two attached hydrogens (primary N) is 1. The Labute approximate surface area is 154 Å². The molecule has 0 spiro atoms. The molecule has 0 bridgehead atoms. The summed E-state index contributed by atoms with van der Waals surface area (Å²) in [6, 6.07) is 7.22. The zero-order valence-corrected chi connectivity index (χ0v) is 15.5. The van der Waals surface area contributed by atoms with Crippen molar-refractivity contribution >= 4 is 45.2 Å². The van der Waals surface area contributed by atoms with E-state index in [4.69, 9.17) is 22.4 Å². The Morgan fingerprint density at radius 3 is 2.56 bits per heavy atom. The van der Waals surface area contributed by atoms with Gasteiger partial charge in [-0.25, -0.2) is 18.4 Å². The summed E-state index contributed by atoms with van der Waals surface area (Å²) in [7, 11) is -2.36. The van der Waals surface area contributed by atoms with E-state index in [2.05, 4.69) is 9.97 Å². The molecule has 1 heterocycles. The number of hydrogen-bond donors (Lipinski definition) is 2. The molecule has 3 N–H and O–H groups in total. The van der Waals surface area contributed by atoms with Gasteiger partial charge in [-0.05, 0) is 24.3 Å². The molecule has 0 saturated heterocycles. The Bertz CT molecular complexity index is 875.